The molecule has 1 fully saturated rings. The van der Waals surface area contributed by atoms with Crippen molar-refractivity contribution in [2.75, 3.05) is 19.8 Å². The van der Waals surface area contributed by atoms with Gasteiger partial charge in [0.05, 0.1) is 12.6 Å². The first-order chi connectivity index (χ1) is 12.1. The molecule has 0 spiro atoms. The molecule has 1 amide bonds. The molecular formula is C19H20N2O4. The number of hydrogen-bond acceptors (Lipinski definition) is 4. The molecule has 2 heterocycles. The largest absolute Gasteiger partial charge is 0.477 e. The molecule has 1 aromatic carbocycles. The van der Waals surface area contributed by atoms with Crippen LogP contribution in [0.25, 0.3) is 0 Å². The number of carboxylic acid groups (broad SMARTS) is 1. The fourth-order valence-electron chi connectivity index (χ4n) is 2.93. The first-order valence-corrected chi connectivity index (χ1v) is 8.28. The van der Waals surface area contributed by atoms with Gasteiger partial charge in [-0.15, -0.1) is 0 Å². The van der Waals surface area contributed by atoms with E-state index in [4.69, 9.17) is 9.84 Å². The van der Waals surface area contributed by atoms with Gasteiger partial charge < -0.3 is 14.7 Å². The van der Waals surface area contributed by atoms with Crippen LogP contribution in [0.5, 0.6) is 0 Å². The Labute approximate surface area is 146 Å². The van der Waals surface area contributed by atoms with Crippen LogP contribution in [0.2, 0.25) is 0 Å². The molecule has 6 heteroatoms. The lowest BCUT2D eigenvalue weighted by atomic mass is 10.1. The molecule has 1 aliphatic heterocycles. The summed E-state index contributed by atoms with van der Waals surface area (Å²) >= 11 is 0. The van der Waals surface area contributed by atoms with Crippen LogP contribution < -0.4 is 0 Å². The van der Waals surface area contributed by atoms with Crippen LogP contribution in [-0.2, 0) is 11.2 Å². The van der Waals surface area contributed by atoms with Gasteiger partial charge in [0.2, 0.25) is 0 Å². The maximum atomic E-state index is 12.9. The average Bonchev–Trinajstić information content (AvgIpc) is 3.17. The zero-order valence-electron chi connectivity index (χ0n) is 13.8. The number of rotatable bonds is 6. The number of pyridine rings is 1. The van der Waals surface area contributed by atoms with Crippen LogP contribution in [0.15, 0.2) is 48.5 Å². The van der Waals surface area contributed by atoms with E-state index < -0.39 is 5.97 Å². The van der Waals surface area contributed by atoms with Crippen molar-refractivity contribution in [2.45, 2.75) is 18.9 Å². The van der Waals surface area contributed by atoms with Crippen LogP contribution in [-0.4, -0.2) is 52.7 Å². The van der Waals surface area contributed by atoms with Crippen molar-refractivity contribution in [3.63, 3.8) is 0 Å². The van der Waals surface area contributed by atoms with Gasteiger partial charge >= 0.3 is 5.97 Å². The average molecular weight is 340 g/mol. The Kier molecular flexibility index (Phi) is 5.40. The maximum Gasteiger partial charge on any atom is 0.354 e. The molecule has 0 unspecified atom stereocenters. The summed E-state index contributed by atoms with van der Waals surface area (Å²) in [5.41, 5.74) is 1.17. The molecule has 1 N–H and O–H groups in total. The summed E-state index contributed by atoms with van der Waals surface area (Å²) in [6.07, 6.45) is 1.50. The molecule has 1 aromatic heterocycles. The Balaban J connectivity index is 1.79. The highest BCUT2D eigenvalue weighted by Gasteiger charge is 2.28. The number of amides is 1. The highest BCUT2D eigenvalue weighted by Crippen LogP contribution is 2.17. The van der Waals surface area contributed by atoms with Crippen LogP contribution in [0.4, 0.5) is 0 Å². The van der Waals surface area contributed by atoms with E-state index in [-0.39, 0.29) is 23.3 Å². The number of carbonyl (C=O) groups excluding carboxylic acids is 1. The first kappa shape index (κ1) is 17.1. The molecule has 1 saturated heterocycles. The fourth-order valence-corrected chi connectivity index (χ4v) is 2.93. The molecule has 0 bridgehead atoms. The minimum absolute atomic E-state index is 0.00787. The normalized spacial score (nSPS) is 16.6. The van der Waals surface area contributed by atoms with E-state index in [9.17, 15) is 9.59 Å². The van der Waals surface area contributed by atoms with E-state index in [0.29, 0.717) is 19.8 Å². The molecule has 0 saturated carbocycles. The standard InChI is InChI=1S/C19H20N2O4/c22-18(16-7-4-8-17(20-16)19(23)24)21(15-10-12-25-13-15)11-9-14-5-2-1-3-6-14/h1-8,15H,9-13H2,(H,23,24)/t15-/m1/s1. The molecule has 0 aliphatic carbocycles. The Morgan fingerprint density at radius 1 is 1.12 bits per heavy atom. The Morgan fingerprint density at radius 2 is 1.88 bits per heavy atom. The number of hydrogen-bond donors (Lipinski definition) is 1. The number of ether oxygens (including phenoxy) is 1. The van der Waals surface area contributed by atoms with Gasteiger partial charge in [0.1, 0.15) is 11.4 Å². The maximum absolute atomic E-state index is 12.9. The van der Waals surface area contributed by atoms with Crippen molar-refractivity contribution in [1.82, 2.24) is 9.88 Å². The fraction of sp³-hybridized carbons (Fsp3) is 0.316. The lowest BCUT2D eigenvalue weighted by Gasteiger charge is -2.28. The van der Waals surface area contributed by atoms with Gasteiger partial charge in [-0.1, -0.05) is 36.4 Å². The van der Waals surface area contributed by atoms with Crippen LogP contribution in [0, 0.1) is 0 Å². The van der Waals surface area contributed by atoms with Gasteiger partial charge in [-0.3, -0.25) is 4.79 Å². The second kappa shape index (κ2) is 7.90. The third-order valence-corrected chi connectivity index (χ3v) is 4.28. The number of aromatic nitrogens is 1. The third-order valence-electron chi connectivity index (χ3n) is 4.28. The number of carbonyl (C=O) groups is 2. The van der Waals surface area contributed by atoms with E-state index in [0.717, 1.165) is 18.4 Å². The van der Waals surface area contributed by atoms with Crippen LogP contribution in [0.3, 0.4) is 0 Å². The minimum Gasteiger partial charge on any atom is -0.477 e. The highest BCUT2D eigenvalue weighted by atomic mass is 16.5. The van der Waals surface area contributed by atoms with Gasteiger partial charge in [0, 0.05) is 13.2 Å². The summed E-state index contributed by atoms with van der Waals surface area (Å²) in [5.74, 6) is -1.40. The number of nitrogens with zero attached hydrogens (tertiary/aromatic N) is 2. The molecule has 0 radical (unpaired) electrons. The number of carboxylic acids is 1. The first-order valence-electron chi connectivity index (χ1n) is 8.28. The number of benzene rings is 1. The summed E-state index contributed by atoms with van der Waals surface area (Å²) in [5, 5.41) is 9.09. The zero-order chi connectivity index (χ0) is 17.6. The second-order valence-electron chi connectivity index (χ2n) is 5.96. The summed E-state index contributed by atoms with van der Waals surface area (Å²) in [6.45, 7) is 1.66. The van der Waals surface area contributed by atoms with E-state index >= 15 is 0 Å². The summed E-state index contributed by atoms with van der Waals surface area (Å²) in [6, 6.07) is 14.4. The molecule has 1 atom stereocenters. The van der Waals surface area contributed by atoms with Crippen LogP contribution in [0.1, 0.15) is 33.0 Å². The summed E-state index contributed by atoms with van der Waals surface area (Å²) in [4.78, 5) is 29.8. The molecule has 2 aromatic rings. The van der Waals surface area contributed by atoms with Gasteiger partial charge in [-0.05, 0) is 30.5 Å². The van der Waals surface area contributed by atoms with Gasteiger partial charge in [-0.2, -0.15) is 0 Å². The molecular weight excluding hydrogens is 320 g/mol. The second-order valence-corrected chi connectivity index (χ2v) is 5.96. The predicted octanol–water partition coefficient (Wildman–Crippen LogP) is 2.25. The van der Waals surface area contributed by atoms with Crippen molar-refractivity contribution in [3.8, 4) is 0 Å². The van der Waals surface area contributed by atoms with E-state index in [1.807, 2.05) is 30.3 Å². The lowest BCUT2D eigenvalue weighted by Crippen LogP contribution is -2.42. The third kappa shape index (κ3) is 4.22. The topological polar surface area (TPSA) is 79.7 Å². The molecule has 6 nitrogen and oxygen atoms in total. The monoisotopic (exact) mass is 340 g/mol. The van der Waals surface area contributed by atoms with E-state index in [1.54, 1.807) is 17.0 Å². The number of aromatic carboxylic acids is 1. The highest BCUT2D eigenvalue weighted by molar-refractivity contribution is 5.94. The van der Waals surface area contributed by atoms with Crippen molar-refractivity contribution >= 4 is 11.9 Å². The van der Waals surface area contributed by atoms with Crippen molar-refractivity contribution in [1.29, 1.82) is 0 Å². The van der Waals surface area contributed by atoms with E-state index in [2.05, 4.69) is 4.98 Å². The molecule has 130 valence electrons. The van der Waals surface area contributed by atoms with Crippen molar-refractivity contribution in [3.05, 3.63) is 65.5 Å². The van der Waals surface area contributed by atoms with E-state index in [1.165, 1.54) is 6.07 Å². The smallest absolute Gasteiger partial charge is 0.354 e. The Morgan fingerprint density at radius 3 is 2.56 bits per heavy atom. The Hall–Kier alpha value is -2.73. The summed E-state index contributed by atoms with van der Waals surface area (Å²) in [7, 11) is 0. The Bertz CT molecular complexity index is 742. The quantitative estimate of drug-likeness (QED) is 0.872. The van der Waals surface area contributed by atoms with Gasteiger partial charge in [-0.25, -0.2) is 9.78 Å². The molecule has 1 aliphatic rings. The zero-order valence-corrected chi connectivity index (χ0v) is 13.8. The van der Waals surface area contributed by atoms with Gasteiger partial charge in [0.15, 0.2) is 0 Å². The summed E-state index contributed by atoms with van der Waals surface area (Å²) < 4.78 is 5.43. The predicted molar refractivity (Wildman–Crippen MR) is 91.6 cm³/mol. The van der Waals surface area contributed by atoms with Crippen molar-refractivity contribution in [2.24, 2.45) is 0 Å². The minimum atomic E-state index is -1.14. The SMILES string of the molecule is O=C(O)c1cccc(C(=O)N(CCc2ccccc2)[C@@H]2CCOC2)n1. The van der Waals surface area contributed by atoms with Crippen molar-refractivity contribution < 1.29 is 19.4 Å². The lowest BCUT2D eigenvalue weighted by molar-refractivity contribution is 0.0649. The van der Waals surface area contributed by atoms with Crippen LogP contribution >= 0.6 is 0 Å². The molecule has 25 heavy (non-hydrogen) atoms. The molecule has 3 rings (SSSR count). The van der Waals surface area contributed by atoms with Gasteiger partial charge in [0.25, 0.3) is 5.91 Å².